The molecule has 0 aromatic heterocycles. The van der Waals surface area contributed by atoms with Crippen LogP contribution >= 0.6 is 15.9 Å². The van der Waals surface area contributed by atoms with Crippen molar-refractivity contribution in [2.24, 2.45) is 11.3 Å². The maximum Gasteiger partial charge on any atom is 0.308 e. The Labute approximate surface area is 129 Å². The molecule has 0 radical (unpaired) electrons. The van der Waals surface area contributed by atoms with Crippen LogP contribution in [0.25, 0.3) is 0 Å². The SMILES string of the molecule is CC(=O)Oc1cc([C@@]2(C)CC[C@H]3C[C@]32C)c(Br)cc1C. The van der Waals surface area contributed by atoms with Crippen LogP contribution in [-0.4, -0.2) is 5.97 Å². The summed E-state index contributed by atoms with van der Waals surface area (Å²) in [6.07, 6.45) is 3.86. The molecule has 2 saturated carbocycles. The number of esters is 1. The number of aryl methyl sites for hydroxylation is 1. The molecule has 1 aromatic rings. The summed E-state index contributed by atoms with van der Waals surface area (Å²) in [5.41, 5.74) is 2.88. The van der Waals surface area contributed by atoms with E-state index in [1.54, 1.807) is 0 Å². The Morgan fingerprint density at radius 3 is 2.60 bits per heavy atom. The molecule has 1 aromatic carbocycles. The predicted octanol–water partition coefficient (Wildman–Crippen LogP) is 4.76. The summed E-state index contributed by atoms with van der Waals surface area (Å²) in [6.45, 7) is 8.21. The largest absolute Gasteiger partial charge is 0.426 e. The number of carbonyl (C=O) groups is 1. The van der Waals surface area contributed by atoms with Crippen LogP contribution in [0.5, 0.6) is 5.75 Å². The van der Waals surface area contributed by atoms with Gasteiger partial charge in [0.1, 0.15) is 5.75 Å². The lowest BCUT2D eigenvalue weighted by Gasteiger charge is -2.35. The second-order valence-electron chi connectivity index (χ2n) is 6.88. The molecule has 0 bridgehead atoms. The fourth-order valence-electron chi connectivity index (χ4n) is 4.08. The van der Waals surface area contributed by atoms with Crippen molar-refractivity contribution in [3.63, 3.8) is 0 Å². The van der Waals surface area contributed by atoms with Crippen LogP contribution in [0.1, 0.15) is 51.2 Å². The molecule has 108 valence electrons. The van der Waals surface area contributed by atoms with E-state index in [0.29, 0.717) is 11.2 Å². The molecule has 20 heavy (non-hydrogen) atoms. The number of hydrogen-bond acceptors (Lipinski definition) is 2. The molecule has 0 spiro atoms. The lowest BCUT2D eigenvalue weighted by atomic mass is 9.70. The van der Waals surface area contributed by atoms with Gasteiger partial charge in [0.25, 0.3) is 0 Å². The Kier molecular flexibility index (Phi) is 3.06. The zero-order valence-electron chi connectivity index (χ0n) is 12.5. The summed E-state index contributed by atoms with van der Waals surface area (Å²) in [6, 6.07) is 4.16. The predicted molar refractivity (Wildman–Crippen MR) is 83.0 cm³/mol. The molecule has 0 heterocycles. The zero-order chi connectivity index (χ0) is 14.7. The lowest BCUT2D eigenvalue weighted by molar-refractivity contribution is -0.131. The first-order chi connectivity index (χ1) is 9.28. The van der Waals surface area contributed by atoms with Crippen molar-refractivity contribution < 1.29 is 9.53 Å². The molecule has 2 fully saturated rings. The Morgan fingerprint density at radius 2 is 2.10 bits per heavy atom. The van der Waals surface area contributed by atoms with E-state index < -0.39 is 0 Å². The topological polar surface area (TPSA) is 26.3 Å². The molecular formula is C17H21BrO2. The highest BCUT2D eigenvalue weighted by molar-refractivity contribution is 9.10. The normalized spacial score (nSPS) is 34.8. The fraction of sp³-hybridized carbons (Fsp3) is 0.588. The maximum absolute atomic E-state index is 11.3. The van der Waals surface area contributed by atoms with Crippen LogP contribution in [-0.2, 0) is 10.2 Å². The number of hydrogen-bond donors (Lipinski definition) is 0. The van der Waals surface area contributed by atoms with E-state index in [1.807, 2.05) is 6.92 Å². The molecule has 2 nitrogen and oxygen atoms in total. The number of ether oxygens (including phenoxy) is 1. The molecule has 0 aliphatic heterocycles. The van der Waals surface area contributed by atoms with Gasteiger partial charge in [0.2, 0.25) is 0 Å². The number of benzene rings is 1. The molecule has 0 amide bonds. The van der Waals surface area contributed by atoms with Gasteiger partial charge in [-0.25, -0.2) is 0 Å². The number of carbonyl (C=O) groups excluding carboxylic acids is 1. The van der Waals surface area contributed by atoms with Gasteiger partial charge in [0.15, 0.2) is 0 Å². The fourth-order valence-corrected chi connectivity index (χ4v) is 4.98. The van der Waals surface area contributed by atoms with E-state index in [4.69, 9.17) is 4.74 Å². The average molecular weight is 337 g/mol. The third-order valence-corrected chi connectivity index (χ3v) is 6.43. The van der Waals surface area contributed by atoms with Gasteiger partial charge in [-0.3, -0.25) is 4.79 Å². The van der Waals surface area contributed by atoms with E-state index in [-0.39, 0.29) is 11.4 Å². The monoisotopic (exact) mass is 336 g/mol. The van der Waals surface area contributed by atoms with Crippen LogP contribution in [0, 0.1) is 18.3 Å². The molecule has 3 rings (SSSR count). The highest BCUT2D eigenvalue weighted by Crippen LogP contribution is 2.72. The summed E-state index contributed by atoms with van der Waals surface area (Å²) in [5.74, 6) is 1.32. The van der Waals surface area contributed by atoms with Crippen molar-refractivity contribution in [2.45, 2.75) is 52.4 Å². The van der Waals surface area contributed by atoms with Crippen LogP contribution in [0.15, 0.2) is 16.6 Å². The first kappa shape index (κ1) is 14.1. The van der Waals surface area contributed by atoms with Gasteiger partial charge < -0.3 is 4.74 Å². The number of fused-ring (bicyclic) bond motifs is 1. The summed E-state index contributed by atoms with van der Waals surface area (Å²) in [5, 5.41) is 0. The summed E-state index contributed by atoms with van der Waals surface area (Å²) in [7, 11) is 0. The summed E-state index contributed by atoms with van der Waals surface area (Å²) >= 11 is 3.72. The van der Waals surface area contributed by atoms with Crippen molar-refractivity contribution in [3.8, 4) is 5.75 Å². The quantitative estimate of drug-likeness (QED) is 0.574. The minimum Gasteiger partial charge on any atom is -0.426 e. The molecule has 0 N–H and O–H groups in total. The Morgan fingerprint density at radius 1 is 1.40 bits per heavy atom. The Hall–Kier alpha value is -0.830. The van der Waals surface area contributed by atoms with Crippen molar-refractivity contribution in [2.75, 3.05) is 0 Å². The highest BCUT2D eigenvalue weighted by Gasteiger charge is 2.65. The van der Waals surface area contributed by atoms with Crippen molar-refractivity contribution in [1.29, 1.82) is 0 Å². The summed E-state index contributed by atoms with van der Waals surface area (Å²) < 4.78 is 6.51. The van der Waals surface area contributed by atoms with Crippen LogP contribution < -0.4 is 4.74 Å². The second-order valence-corrected chi connectivity index (χ2v) is 7.73. The second kappa shape index (κ2) is 4.33. The van der Waals surface area contributed by atoms with Gasteiger partial charge in [-0.15, -0.1) is 0 Å². The van der Waals surface area contributed by atoms with E-state index in [9.17, 15) is 4.79 Å². The first-order valence-electron chi connectivity index (χ1n) is 7.27. The van der Waals surface area contributed by atoms with E-state index in [2.05, 4.69) is 41.9 Å². The van der Waals surface area contributed by atoms with Crippen LogP contribution in [0.4, 0.5) is 0 Å². The van der Waals surface area contributed by atoms with Crippen molar-refractivity contribution >= 4 is 21.9 Å². The highest BCUT2D eigenvalue weighted by atomic mass is 79.9. The van der Waals surface area contributed by atoms with E-state index in [1.165, 1.54) is 31.7 Å². The van der Waals surface area contributed by atoms with E-state index >= 15 is 0 Å². The van der Waals surface area contributed by atoms with E-state index in [0.717, 1.165) is 16.0 Å². The van der Waals surface area contributed by atoms with Gasteiger partial charge in [0, 0.05) is 11.4 Å². The van der Waals surface area contributed by atoms with Crippen LogP contribution in [0.3, 0.4) is 0 Å². The van der Waals surface area contributed by atoms with Gasteiger partial charge in [-0.05, 0) is 66.2 Å². The smallest absolute Gasteiger partial charge is 0.308 e. The van der Waals surface area contributed by atoms with Gasteiger partial charge in [-0.1, -0.05) is 29.8 Å². The van der Waals surface area contributed by atoms with Gasteiger partial charge >= 0.3 is 5.97 Å². The number of rotatable bonds is 2. The molecular weight excluding hydrogens is 316 g/mol. The molecule has 2 aliphatic carbocycles. The van der Waals surface area contributed by atoms with Crippen molar-refractivity contribution in [1.82, 2.24) is 0 Å². The molecule has 3 atom stereocenters. The average Bonchev–Trinajstić information content (AvgIpc) is 2.95. The number of halogens is 1. The standard InChI is InChI=1S/C17H21BrO2/c1-10-7-14(18)13(8-15(10)20-11(2)19)16(3)6-5-12-9-17(12,16)4/h7-8,12H,5-6,9H2,1-4H3/t12-,16+,17+/m0/s1. The Bertz CT molecular complexity index is 593. The minimum atomic E-state index is -0.256. The minimum absolute atomic E-state index is 0.180. The van der Waals surface area contributed by atoms with Gasteiger partial charge in [-0.2, -0.15) is 0 Å². The third kappa shape index (κ3) is 1.86. The van der Waals surface area contributed by atoms with Gasteiger partial charge in [0.05, 0.1) is 0 Å². The molecule has 0 unspecified atom stereocenters. The van der Waals surface area contributed by atoms with Crippen molar-refractivity contribution in [3.05, 3.63) is 27.7 Å². The summed E-state index contributed by atoms with van der Waals surface area (Å²) in [4.78, 5) is 11.3. The zero-order valence-corrected chi connectivity index (χ0v) is 14.1. The Balaban J connectivity index is 2.07. The maximum atomic E-state index is 11.3. The molecule has 0 saturated heterocycles. The molecule has 3 heteroatoms. The first-order valence-corrected chi connectivity index (χ1v) is 8.06. The van der Waals surface area contributed by atoms with Crippen LogP contribution in [0.2, 0.25) is 0 Å². The lowest BCUT2D eigenvalue weighted by Crippen LogP contribution is -2.29. The third-order valence-electron chi connectivity index (χ3n) is 5.78. The molecule has 2 aliphatic rings.